The monoisotopic (exact) mass is 281 g/mol. The predicted molar refractivity (Wildman–Crippen MR) is 68.0 cm³/mol. The zero-order chi connectivity index (χ0) is 15.1. The van der Waals surface area contributed by atoms with Crippen molar-refractivity contribution in [2.45, 2.75) is 12.5 Å². The molecule has 0 bridgehead atoms. The van der Waals surface area contributed by atoms with E-state index in [1.165, 1.54) is 31.4 Å². The van der Waals surface area contributed by atoms with Crippen molar-refractivity contribution in [2.75, 3.05) is 14.2 Å². The quantitative estimate of drug-likeness (QED) is 0.749. The molecule has 1 atom stereocenters. The fourth-order valence-corrected chi connectivity index (χ4v) is 1.47. The summed E-state index contributed by atoms with van der Waals surface area (Å²) in [6, 6.07) is 4.44. The van der Waals surface area contributed by atoms with Crippen molar-refractivity contribution in [3.05, 3.63) is 29.8 Å². The molecule has 0 radical (unpaired) electrons. The van der Waals surface area contributed by atoms with Crippen LogP contribution in [0.2, 0.25) is 0 Å². The van der Waals surface area contributed by atoms with E-state index in [4.69, 9.17) is 0 Å². The van der Waals surface area contributed by atoms with E-state index in [2.05, 4.69) is 14.8 Å². The molecule has 1 aromatic carbocycles. The first-order valence-corrected chi connectivity index (χ1v) is 5.72. The molecule has 0 fully saturated rings. The molecule has 0 spiro atoms. The Labute approximate surface area is 115 Å². The van der Waals surface area contributed by atoms with Crippen molar-refractivity contribution in [1.29, 1.82) is 0 Å². The van der Waals surface area contributed by atoms with Gasteiger partial charge in [0, 0.05) is 5.56 Å². The van der Waals surface area contributed by atoms with Crippen LogP contribution < -0.4 is 5.32 Å². The van der Waals surface area contributed by atoms with Gasteiger partial charge < -0.3 is 19.9 Å². The average Bonchev–Trinajstić information content (AvgIpc) is 2.45. The number of ether oxygens (including phenoxy) is 2. The summed E-state index contributed by atoms with van der Waals surface area (Å²) in [5.74, 6) is -2.11. The van der Waals surface area contributed by atoms with Crippen molar-refractivity contribution in [2.24, 2.45) is 0 Å². The smallest absolute Gasteiger partial charge is 0.328 e. The summed E-state index contributed by atoms with van der Waals surface area (Å²) >= 11 is 0. The normalized spacial score (nSPS) is 11.3. The predicted octanol–water partition coefficient (Wildman–Crippen LogP) is 0.227. The molecular formula is C13H15NO6. The summed E-state index contributed by atoms with van der Waals surface area (Å²) in [5, 5.41) is 11.6. The second-order valence-electron chi connectivity index (χ2n) is 3.88. The van der Waals surface area contributed by atoms with Gasteiger partial charge in [-0.3, -0.25) is 9.59 Å². The van der Waals surface area contributed by atoms with Crippen molar-refractivity contribution in [3.8, 4) is 5.75 Å². The molecule has 1 aromatic rings. The molecule has 108 valence electrons. The molecule has 7 heteroatoms. The maximum Gasteiger partial charge on any atom is 0.328 e. The molecule has 1 rings (SSSR count). The van der Waals surface area contributed by atoms with Crippen LogP contribution in [0.1, 0.15) is 16.8 Å². The van der Waals surface area contributed by atoms with Gasteiger partial charge in [-0.2, -0.15) is 0 Å². The van der Waals surface area contributed by atoms with Crippen molar-refractivity contribution >= 4 is 17.8 Å². The third kappa shape index (κ3) is 4.27. The summed E-state index contributed by atoms with van der Waals surface area (Å²) in [4.78, 5) is 34.6. The molecule has 2 N–H and O–H groups in total. The van der Waals surface area contributed by atoms with Crippen LogP contribution in [-0.2, 0) is 19.1 Å². The van der Waals surface area contributed by atoms with E-state index in [0.717, 1.165) is 7.11 Å². The van der Waals surface area contributed by atoms with Gasteiger partial charge in [-0.25, -0.2) is 4.79 Å². The van der Waals surface area contributed by atoms with E-state index in [-0.39, 0.29) is 17.7 Å². The lowest BCUT2D eigenvalue weighted by Crippen LogP contribution is -2.43. The Hall–Kier alpha value is -2.57. The number of benzene rings is 1. The Bertz CT molecular complexity index is 513. The highest BCUT2D eigenvalue weighted by atomic mass is 16.5. The topological polar surface area (TPSA) is 102 Å². The average molecular weight is 281 g/mol. The Morgan fingerprint density at radius 3 is 2.50 bits per heavy atom. The number of phenols is 1. The number of phenolic OH excluding ortho intramolecular Hbond substituents is 1. The second-order valence-corrected chi connectivity index (χ2v) is 3.88. The number of carbonyl (C=O) groups is 3. The van der Waals surface area contributed by atoms with Crippen molar-refractivity contribution < 1.29 is 29.0 Å². The molecule has 0 heterocycles. The van der Waals surface area contributed by atoms with E-state index in [0.29, 0.717) is 0 Å². The summed E-state index contributed by atoms with van der Waals surface area (Å²) in [6.45, 7) is 0. The molecule has 0 aromatic heterocycles. The van der Waals surface area contributed by atoms with Gasteiger partial charge in [0.15, 0.2) is 0 Å². The number of nitrogens with one attached hydrogen (secondary N) is 1. The highest BCUT2D eigenvalue weighted by Gasteiger charge is 2.25. The maximum absolute atomic E-state index is 11.9. The lowest BCUT2D eigenvalue weighted by atomic mass is 10.1. The van der Waals surface area contributed by atoms with Gasteiger partial charge >= 0.3 is 11.9 Å². The molecule has 20 heavy (non-hydrogen) atoms. The van der Waals surface area contributed by atoms with Crippen LogP contribution in [0.5, 0.6) is 5.75 Å². The second kappa shape index (κ2) is 7.13. The SMILES string of the molecule is COC(=O)C[C@H](NC(=O)c1cccc(O)c1)C(=O)OC. The molecule has 0 saturated heterocycles. The van der Waals surface area contributed by atoms with Crippen molar-refractivity contribution in [3.63, 3.8) is 0 Å². The third-order valence-electron chi connectivity index (χ3n) is 2.50. The molecule has 7 nitrogen and oxygen atoms in total. The highest BCUT2D eigenvalue weighted by molar-refractivity contribution is 5.97. The lowest BCUT2D eigenvalue weighted by Gasteiger charge is -2.15. The summed E-state index contributed by atoms with van der Waals surface area (Å²) in [6.07, 6.45) is -0.340. The van der Waals surface area contributed by atoms with Gasteiger partial charge in [-0.05, 0) is 18.2 Å². The molecule has 0 saturated carbocycles. The van der Waals surface area contributed by atoms with E-state index < -0.39 is 23.9 Å². The van der Waals surface area contributed by atoms with Crippen LogP contribution in [-0.4, -0.2) is 43.2 Å². The number of aromatic hydroxyl groups is 1. The van der Waals surface area contributed by atoms with Crippen LogP contribution in [0, 0.1) is 0 Å². The maximum atomic E-state index is 11.9. The first-order chi connectivity index (χ1) is 9.47. The van der Waals surface area contributed by atoms with E-state index in [9.17, 15) is 19.5 Å². The number of methoxy groups -OCH3 is 2. The van der Waals surface area contributed by atoms with Crippen LogP contribution in [0.3, 0.4) is 0 Å². The standard InChI is InChI=1S/C13H15NO6/c1-19-11(16)7-10(13(18)20-2)14-12(17)8-4-3-5-9(15)6-8/h3-6,10,15H,7H2,1-2H3,(H,14,17)/t10-/m0/s1. The summed E-state index contributed by atoms with van der Waals surface area (Å²) in [7, 11) is 2.32. The Morgan fingerprint density at radius 2 is 1.95 bits per heavy atom. The van der Waals surface area contributed by atoms with Crippen molar-refractivity contribution in [1.82, 2.24) is 5.32 Å². The third-order valence-corrected chi connectivity index (χ3v) is 2.50. The number of hydrogen-bond donors (Lipinski definition) is 2. The van der Waals surface area contributed by atoms with E-state index in [1.54, 1.807) is 0 Å². The molecule has 1 amide bonds. The largest absolute Gasteiger partial charge is 0.508 e. The Morgan fingerprint density at radius 1 is 1.25 bits per heavy atom. The number of amides is 1. The summed E-state index contributed by atoms with van der Waals surface area (Å²) in [5.41, 5.74) is 0.156. The Balaban J connectivity index is 2.81. The van der Waals surface area contributed by atoms with Crippen LogP contribution >= 0.6 is 0 Å². The fraction of sp³-hybridized carbons (Fsp3) is 0.308. The summed E-state index contributed by atoms with van der Waals surface area (Å²) < 4.78 is 8.95. The molecular weight excluding hydrogens is 266 g/mol. The van der Waals surface area contributed by atoms with Crippen LogP contribution in [0.15, 0.2) is 24.3 Å². The highest BCUT2D eigenvalue weighted by Crippen LogP contribution is 2.11. The van der Waals surface area contributed by atoms with Gasteiger partial charge in [0.1, 0.15) is 11.8 Å². The van der Waals surface area contributed by atoms with Crippen LogP contribution in [0.4, 0.5) is 0 Å². The van der Waals surface area contributed by atoms with Gasteiger partial charge in [0.2, 0.25) is 0 Å². The minimum absolute atomic E-state index is 0.0831. The number of esters is 2. The minimum Gasteiger partial charge on any atom is -0.508 e. The molecule has 0 aliphatic heterocycles. The first-order valence-electron chi connectivity index (χ1n) is 5.72. The molecule has 0 aliphatic rings. The zero-order valence-corrected chi connectivity index (χ0v) is 11.1. The van der Waals surface area contributed by atoms with Crippen LogP contribution in [0.25, 0.3) is 0 Å². The van der Waals surface area contributed by atoms with E-state index >= 15 is 0 Å². The minimum atomic E-state index is -1.15. The Kier molecular flexibility index (Phi) is 5.52. The first kappa shape index (κ1) is 15.5. The fourth-order valence-electron chi connectivity index (χ4n) is 1.47. The number of carbonyl (C=O) groups excluding carboxylic acids is 3. The van der Waals surface area contributed by atoms with Gasteiger partial charge in [-0.15, -0.1) is 0 Å². The molecule has 0 aliphatic carbocycles. The van der Waals surface area contributed by atoms with Gasteiger partial charge in [0.25, 0.3) is 5.91 Å². The molecule has 0 unspecified atom stereocenters. The lowest BCUT2D eigenvalue weighted by molar-refractivity contribution is -0.149. The van der Waals surface area contributed by atoms with Gasteiger partial charge in [0.05, 0.1) is 20.6 Å². The number of rotatable bonds is 5. The zero-order valence-electron chi connectivity index (χ0n) is 11.1. The van der Waals surface area contributed by atoms with E-state index in [1.807, 2.05) is 0 Å². The van der Waals surface area contributed by atoms with Gasteiger partial charge in [-0.1, -0.05) is 6.07 Å². The number of hydrogen-bond acceptors (Lipinski definition) is 6.